The van der Waals surface area contributed by atoms with Crippen LogP contribution in [-0.2, 0) is 18.4 Å². The lowest BCUT2D eigenvalue weighted by Gasteiger charge is -2.25. The van der Waals surface area contributed by atoms with Gasteiger partial charge in [-0.15, -0.1) is 0 Å². The van der Waals surface area contributed by atoms with Gasteiger partial charge in [-0.2, -0.15) is 0 Å². The maximum Gasteiger partial charge on any atom is 0.472 e. The number of likely N-dealkylation sites (N-methyl/N-ethyl adjacent to an activating group) is 1. The Morgan fingerprint density at radius 3 is 1.87 bits per heavy atom. The predicted octanol–water partition coefficient (Wildman–Crippen LogP) is 10.4. The minimum Gasteiger partial charge on any atom is -0.389 e. The van der Waals surface area contributed by atoms with Crippen LogP contribution in [0.3, 0.4) is 0 Å². The molecular formula is C45H80N2O7P+. The summed E-state index contributed by atoms with van der Waals surface area (Å²) in [4.78, 5) is 23.0. The zero-order chi connectivity index (χ0) is 40.9. The van der Waals surface area contributed by atoms with Crippen LogP contribution in [0.1, 0.15) is 136 Å². The molecule has 0 aromatic rings. The number of nitrogens with zero attached hydrogens (tertiary/aromatic N) is 1. The van der Waals surface area contributed by atoms with Crippen molar-refractivity contribution in [2.45, 2.75) is 154 Å². The number of phosphoric ester groups is 1. The van der Waals surface area contributed by atoms with Crippen LogP contribution in [0.4, 0.5) is 0 Å². The molecule has 0 spiro atoms. The van der Waals surface area contributed by atoms with E-state index < -0.39 is 26.1 Å². The number of rotatable bonds is 36. The Morgan fingerprint density at radius 2 is 1.27 bits per heavy atom. The average molecular weight is 792 g/mol. The first-order chi connectivity index (χ1) is 26.4. The van der Waals surface area contributed by atoms with Gasteiger partial charge in [0.2, 0.25) is 5.91 Å². The maximum absolute atomic E-state index is 12.8. The van der Waals surface area contributed by atoms with Crippen molar-refractivity contribution < 1.29 is 38.0 Å². The molecule has 4 N–H and O–H groups in total. The first-order valence-electron chi connectivity index (χ1n) is 21.1. The Bertz CT molecular complexity index is 1190. The van der Waals surface area contributed by atoms with Gasteiger partial charge in [0.25, 0.3) is 0 Å². The van der Waals surface area contributed by atoms with E-state index in [1.54, 1.807) is 12.2 Å². The van der Waals surface area contributed by atoms with E-state index in [2.05, 4.69) is 55.6 Å². The molecule has 55 heavy (non-hydrogen) atoms. The van der Waals surface area contributed by atoms with Crippen molar-refractivity contribution in [2.75, 3.05) is 40.9 Å². The van der Waals surface area contributed by atoms with Crippen LogP contribution in [-0.4, -0.2) is 84.6 Å². The van der Waals surface area contributed by atoms with Crippen LogP contribution in [0.25, 0.3) is 0 Å². The summed E-state index contributed by atoms with van der Waals surface area (Å²) in [6.07, 6.45) is 45.4. The highest BCUT2D eigenvalue weighted by Gasteiger charge is 2.27. The number of carbonyl (C=O) groups is 1. The molecule has 0 fully saturated rings. The second kappa shape index (κ2) is 36.0. The molecule has 10 heteroatoms. The van der Waals surface area contributed by atoms with E-state index >= 15 is 0 Å². The molecule has 0 saturated carbocycles. The summed E-state index contributed by atoms with van der Waals surface area (Å²) in [5, 5.41) is 23.9. The van der Waals surface area contributed by atoms with Gasteiger partial charge in [-0.05, 0) is 51.4 Å². The van der Waals surface area contributed by atoms with Gasteiger partial charge in [0.15, 0.2) is 0 Å². The van der Waals surface area contributed by atoms with Crippen molar-refractivity contribution in [1.82, 2.24) is 5.32 Å². The Labute approximate surface area is 336 Å². The predicted molar refractivity (Wildman–Crippen MR) is 232 cm³/mol. The summed E-state index contributed by atoms with van der Waals surface area (Å²) in [5.41, 5.74) is 0. The van der Waals surface area contributed by atoms with Crippen molar-refractivity contribution in [3.8, 4) is 0 Å². The van der Waals surface area contributed by atoms with E-state index in [9.17, 15) is 24.5 Å². The number of aliphatic hydroxyl groups excluding tert-OH is 2. The number of quaternary nitrogens is 1. The molecule has 0 radical (unpaired) electrons. The number of phosphoric acid groups is 1. The molecule has 0 bridgehead atoms. The Hall–Kier alpha value is -2.36. The van der Waals surface area contributed by atoms with E-state index in [1.807, 2.05) is 57.6 Å². The maximum atomic E-state index is 12.8. The van der Waals surface area contributed by atoms with E-state index in [1.165, 1.54) is 57.8 Å². The number of unbranched alkanes of at least 4 members (excludes halogenated alkanes) is 11. The summed E-state index contributed by atoms with van der Waals surface area (Å²) in [6, 6.07) is -0.933. The van der Waals surface area contributed by atoms with Crippen LogP contribution >= 0.6 is 7.82 Å². The molecule has 0 heterocycles. The highest BCUT2D eigenvalue weighted by molar-refractivity contribution is 7.47. The highest BCUT2D eigenvalue weighted by atomic mass is 31.2. The molecule has 0 aliphatic rings. The largest absolute Gasteiger partial charge is 0.472 e. The number of aliphatic hydroxyl groups is 2. The van der Waals surface area contributed by atoms with Gasteiger partial charge in [-0.25, -0.2) is 4.57 Å². The Morgan fingerprint density at radius 1 is 0.691 bits per heavy atom. The third kappa shape index (κ3) is 38.3. The van der Waals surface area contributed by atoms with Crippen molar-refractivity contribution >= 4 is 13.7 Å². The van der Waals surface area contributed by atoms with E-state index in [0.717, 1.165) is 44.9 Å². The van der Waals surface area contributed by atoms with Crippen molar-refractivity contribution in [1.29, 1.82) is 0 Å². The fourth-order valence-corrected chi connectivity index (χ4v) is 6.06. The molecule has 316 valence electrons. The minimum absolute atomic E-state index is 0.0248. The molecule has 0 aliphatic carbocycles. The number of hydrogen-bond acceptors (Lipinski definition) is 6. The minimum atomic E-state index is -4.39. The van der Waals surface area contributed by atoms with Gasteiger partial charge in [-0.1, -0.05) is 163 Å². The first kappa shape index (κ1) is 52.6. The summed E-state index contributed by atoms with van der Waals surface area (Å²) < 4.78 is 23.4. The number of nitrogens with one attached hydrogen (secondary N) is 1. The first-order valence-corrected chi connectivity index (χ1v) is 22.6. The lowest BCUT2D eigenvalue weighted by molar-refractivity contribution is -0.870. The number of allylic oxidation sites excluding steroid dienone is 11. The van der Waals surface area contributed by atoms with E-state index in [-0.39, 0.29) is 25.5 Å². The van der Waals surface area contributed by atoms with Crippen molar-refractivity contribution in [2.24, 2.45) is 0 Å². The Kier molecular flexibility index (Phi) is 34.5. The van der Waals surface area contributed by atoms with Crippen LogP contribution in [0, 0.1) is 0 Å². The van der Waals surface area contributed by atoms with Crippen LogP contribution in [0.2, 0.25) is 0 Å². The zero-order valence-electron chi connectivity index (χ0n) is 35.2. The summed E-state index contributed by atoms with van der Waals surface area (Å²) in [5.74, 6) is -0.324. The number of hydrogen-bond donors (Lipinski definition) is 4. The average Bonchev–Trinajstić information content (AvgIpc) is 3.13. The zero-order valence-corrected chi connectivity index (χ0v) is 36.1. The third-order valence-corrected chi connectivity index (χ3v) is 9.70. The van der Waals surface area contributed by atoms with Crippen molar-refractivity contribution in [3.05, 3.63) is 85.1 Å². The summed E-state index contributed by atoms with van der Waals surface area (Å²) in [7, 11) is 1.45. The van der Waals surface area contributed by atoms with Crippen LogP contribution < -0.4 is 5.32 Å². The molecule has 9 nitrogen and oxygen atoms in total. The molecule has 0 rings (SSSR count). The highest BCUT2D eigenvalue weighted by Crippen LogP contribution is 2.43. The smallest absolute Gasteiger partial charge is 0.389 e. The third-order valence-electron chi connectivity index (χ3n) is 8.71. The molecule has 1 amide bonds. The molecule has 2 unspecified atom stereocenters. The van der Waals surface area contributed by atoms with Gasteiger partial charge >= 0.3 is 7.82 Å². The van der Waals surface area contributed by atoms with Gasteiger partial charge in [0, 0.05) is 6.42 Å². The normalized spacial score (nSPS) is 15.9. The fraction of sp³-hybridized carbons (Fsp3) is 0.667. The van der Waals surface area contributed by atoms with Gasteiger partial charge in [-0.3, -0.25) is 13.8 Å². The van der Waals surface area contributed by atoms with E-state index in [0.29, 0.717) is 23.9 Å². The van der Waals surface area contributed by atoms with E-state index in [4.69, 9.17) is 9.05 Å². The molecule has 0 aliphatic heterocycles. The van der Waals surface area contributed by atoms with Gasteiger partial charge < -0.3 is 24.9 Å². The monoisotopic (exact) mass is 792 g/mol. The lowest BCUT2D eigenvalue weighted by atomic mass is 10.0. The van der Waals surface area contributed by atoms with Crippen LogP contribution in [0.5, 0.6) is 0 Å². The second-order valence-corrected chi connectivity index (χ2v) is 16.6. The standard InChI is InChI=1S/C45H79N2O7P/c1-6-8-10-12-14-16-18-20-22-24-26-28-31-35-42(48)36-32-30-34-38-45(50)46-43(41-54-55(51,52)53-40-39-47(3,4)5)44(49)37-33-29-27-25-23-21-19-17-15-13-11-9-7-2/h8,10,14,16,20,22,26,28,30-33,35,37,42-44,48-49H,6-7,9,11-13,15,17-19,21,23-25,27,29,34,36,38-41H2,1-5H3,(H-,46,50,51,52)/p+1/b10-8-,16-14-,22-20-,28-26-,32-30-,35-31-,37-33+/t42?,43-,44+/m0/s1. The number of amides is 1. The number of carbonyl (C=O) groups excluding carboxylic acids is 1. The van der Waals surface area contributed by atoms with Crippen molar-refractivity contribution in [3.63, 3.8) is 0 Å². The molecular weight excluding hydrogens is 711 g/mol. The Balaban J connectivity index is 4.73. The fourth-order valence-electron chi connectivity index (χ4n) is 5.32. The second-order valence-electron chi connectivity index (χ2n) is 15.2. The van der Waals surface area contributed by atoms with Gasteiger partial charge in [0.05, 0.1) is 46.0 Å². The summed E-state index contributed by atoms with van der Waals surface area (Å²) >= 11 is 0. The summed E-state index contributed by atoms with van der Waals surface area (Å²) in [6.45, 7) is 4.52. The lowest BCUT2D eigenvalue weighted by Crippen LogP contribution is -2.45. The quantitative estimate of drug-likeness (QED) is 0.0164. The SMILES string of the molecule is CC/C=C\C/C=C\C/C=C\C/C=C\C=C/C(O)C/C=C\CCC(=O)N[C@@H](COP(=O)(O)OCC[N+](C)(C)C)[C@H](O)/C=C/CCCCCCCCCCCCC. The van der Waals surface area contributed by atoms with Gasteiger partial charge in [0.1, 0.15) is 13.2 Å². The topological polar surface area (TPSA) is 125 Å². The molecule has 0 saturated heterocycles. The molecule has 0 aromatic carbocycles. The molecule has 0 aromatic heterocycles. The molecule has 4 atom stereocenters. The van der Waals surface area contributed by atoms with Crippen LogP contribution in [0.15, 0.2) is 85.1 Å².